The van der Waals surface area contributed by atoms with E-state index in [2.05, 4.69) is 6.58 Å². The fraction of sp³-hybridized carbons (Fsp3) is 0.667. The van der Waals surface area contributed by atoms with Gasteiger partial charge in [0.05, 0.1) is 5.92 Å². The zero-order chi connectivity index (χ0) is 12.7. The van der Waals surface area contributed by atoms with Gasteiger partial charge in [0.2, 0.25) is 0 Å². The number of esters is 2. The third kappa shape index (κ3) is 5.53. The molecule has 0 aliphatic heterocycles. The number of rotatable bonds is 6. The van der Waals surface area contributed by atoms with Gasteiger partial charge in [-0.05, 0) is 20.3 Å². The van der Waals surface area contributed by atoms with E-state index < -0.39 is 12.1 Å². The van der Waals surface area contributed by atoms with Crippen molar-refractivity contribution in [3.63, 3.8) is 0 Å². The lowest BCUT2D eigenvalue weighted by Crippen LogP contribution is -2.24. The molecule has 0 N–H and O–H groups in total. The van der Waals surface area contributed by atoms with Crippen molar-refractivity contribution in [3.05, 3.63) is 12.2 Å². The van der Waals surface area contributed by atoms with E-state index in [1.165, 1.54) is 0 Å². The van der Waals surface area contributed by atoms with Crippen LogP contribution in [0.2, 0.25) is 0 Å². The normalized spacial score (nSPS) is 13.8. The Bertz CT molecular complexity index is 270. The first-order valence-corrected chi connectivity index (χ1v) is 5.41. The van der Waals surface area contributed by atoms with Crippen molar-refractivity contribution in [2.75, 3.05) is 6.61 Å². The van der Waals surface area contributed by atoms with Crippen molar-refractivity contribution < 1.29 is 19.1 Å². The summed E-state index contributed by atoms with van der Waals surface area (Å²) in [4.78, 5) is 22.4. The Morgan fingerprint density at radius 2 is 1.88 bits per heavy atom. The molecule has 0 amide bonds. The maximum Gasteiger partial charge on any atom is 0.333 e. The highest BCUT2D eigenvalue weighted by molar-refractivity contribution is 5.87. The van der Waals surface area contributed by atoms with Gasteiger partial charge >= 0.3 is 11.9 Å². The Labute approximate surface area is 96.6 Å². The summed E-state index contributed by atoms with van der Waals surface area (Å²) in [5.41, 5.74) is 0.333. The number of carbonyl (C=O) groups excluding carboxylic acids is 2. The smallest absolute Gasteiger partial charge is 0.333 e. The van der Waals surface area contributed by atoms with Crippen LogP contribution in [0.5, 0.6) is 0 Å². The van der Waals surface area contributed by atoms with Crippen molar-refractivity contribution in [2.24, 2.45) is 5.92 Å². The summed E-state index contributed by atoms with van der Waals surface area (Å²) >= 11 is 0. The Morgan fingerprint density at radius 3 is 2.31 bits per heavy atom. The van der Waals surface area contributed by atoms with Crippen LogP contribution < -0.4 is 0 Å². The van der Waals surface area contributed by atoms with Gasteiger partial charge < -0.3 is 9.47 Å². The summed E-state index contributed by atoms with van der Waals surface area (Å²) in [6, 6.07) is 0. The molecule has 0 aliphatic rings. The lowest BCUT2D eigenvalue weighted by molar-refractivity contribution is -0.157. The van der Waals surface area contributed by atoms with E-state index in [1.54, 1.807) is 20.8 Å². The molecule has 4 nitrogen and oxygen atoms in total. The van der Waals surface area contributed by atoms with Crippen molar-refractivity contribution >= 4 is 11.9 Å². The number of hydrogen-bond acceptors (Lipinski definition) is 4. The molecule has 0 aromatic heterocycles. The SMILES string of the molecule is C=C(C)C(=O)OC(C)COC(=O)C(C)CC. The Kier molecular flexibility index (Phi) is 6.46. The molecule has 0 saturated carbocycles. The summed E-state index contributed by atoms with van der Waals surface area (Å²) in [5.74, 6) is -0.850. The Balaban J connectivity index is 3.90. The molecular formula is C12H20O4. The van der Waals surface area contributed by atoms with Gasteiger partial charge in [0, 0.05) is 5.57 Å². The van der Waals surface area contributed by atoms with Crippen LogP contribution in [0.25, 0.3) is 0 Å². The van der Waals surface area contributed by atoms with Crippen molar-refractivity contribution in [3.8, 4) is 0 Å². The van der Waals surface area contributed by atoms with Gasteiger partial charge in [0.1, 0.15) is 12.7 Å². The highest BCUT2D eigenvalue weighted by Gasteiger charge is 2.15. The quantitative estimate of drug-likeness (QED) is 0.516. The fourth-order valence-corrected chi connectivity index (χ4v) is 0.826. The van der Waals surface area contributed by atoms with Crippen molar-refractivity contribution in [1.82, 2.24) is 0 Å². The zero-order valence-electron chi connectivity index (χ0n) is 10.4. The van der Waals surface area contributed by atoms with Gasteiger partial charge in [-0.25, -0.2) is 4.79 Å². The minimum absolute atomic E-state index is 0.0855. The maximum atomic E-state index is 11.3. The van der Waals surface area contributed by atoms with Crippen LogP contribution in [0.15, 0.2) is 12.2 Å². The molecule has 0 aliphatic carbocycles. The third-order valence-corrected chi connectivity index (χ3v) is 2.13. The summed E-state index contributed by atoms with van der Waals surface area (Å²) in [7, 11) is 0. The van der Waals surface area contributed by atoms with Gasteiger partial charge in [0.15, 0.2) is 0 Å². The van der Waals surface area contributed by atoms with Gasteiger partial charge in [-0.1, -0.05) is 20.4 Å². The molecule has 16 heavy (non-hydrogen) atoms. The number of carbonyl (C=O) groups is 2. The van der Waals surface area contributed by atoms with E-state index in [1.807, 2.05) is 6.92 Å². The molecule has 2 atom stereocenters. The highest BCUT2D eigenvalue weighted by Crippen LogP contribution is 2.05. The second-order valence-electron chi connectivity index (χ2n) is 3.94. The second-order valence-corrected chi connectivity index (χ2v) is 3.94. The molecule has 0 saturated heterocycles. The lowest BCUT2D eigenvalue weighted by Gasteiger charge is -2.15. The molecule has 0 spiro atoms. The Hall–Kier alpha value is -1.32. The van der Waals surface area contributed by atoms with E-state index in [0.29, 0.717) is 5.57 Å². The van der Waals surface area contributed by atoms with E-state index in [4.69, 9.17) is 9.47 Å². The predicted octanol–water partition coefficient (Wildman–Crippen LogP) is 2.08. The summed E-state index contributed by atoms with van der Waals surface area (Å²) < 4.78 is 9.95. The van der Waals surface area contributed by atoms with Gasteiger partial charge in [-0.15, -0.1) is 0 Å². The first kappa shape index (κ1) is 14.7. The molecule has 92 valence electrons. The zero-order valence-corrected chi connectivity index (χ0v) is 10.4. The van der Waals surface area contributed by atoms with E-state index in [0.717, 1.165) is 6.42 Å². The van der Waals surface area contributed by atoms with Gasteiger partial charge in [0.25, 0.3) is 0 Å². The molecule has 4 heteroatoms. The van der Waals surface area contributed by atoms with Crippen LogP contribution in [0.1, 0.15) is 34.1 Å². The summed E-state index contributed by atoms with van der Waals surface area (Å²) in [6.45, 7) is 10.5. The first-order chi connectivity index (χ1) is 7.38. The molecule has 0 bridgehead atoms. The van der Waals surface area contributed by atoms with Crippen molar-refractivity contribution in [2.45, 2.75) is 40.2 Å². The summed E-state index contributed by atoms with van der Waals surface area (Å²) in [6.07, 6.45) is 0.288. The van der Waals surface area contributed by atoms with Gasteiger partial charge in [-0.3, -0.25) is 4.79 Å². The third-order valence-electron chi connectivity index (χ3n) is 2.13. The van der Waals surface area contributed by atoms with Crippen molar-refractivity contribution in [1.29, 1.82) is 0 Å². The molecule has 0 aromatic carbocycles. The maximum absolute atomic E-state index is 11.3. The molecule has 0 heterocycles. The van der Waals surface area contributed by atoms with E-state index in [-0.39, 0.29) is 18.5 Å². The summed E-state index contributed by atoms with van der Waals surface area (Å²) in [5, 5.41) is 0. The van der Waals surface area contributed by atoms with Crippen LogP contribution in [0.3, 0.4) is 0 Å². The topological polar surface area (TPSA) is 52.6 Å². The van der Waals surface area contributed by atoms with E-state index >= 15 is 0 Å². The average Bonchev–Trinajstić information content (AvgIpc) is 2.24. The molecule has 0 aromatic rings. The first-order valence-electron chi connectivity index (χ1n) is 5.41. The molecule has 0 radical (unpaired) electrons. The van der Waals surface area contributed by atoms with Crippen LogP contribution in [-0.4, -0.2) is 24.6 Å². The fourth-order valence-electron chi connectivity index (χ4n) is 0.826. The van der Waals surface area contributed by atoms with Crippen LogP contribution in [0.4, 0.5) is 0 Å². The minimum atomic E-state index is -0.466. The lowest BCUT2D eigenvalue weighted by atomic mass is 10.1. The molecule has 0 rings (SSSR count). The van der Waals surface area contributed by atoms with E-state index in [9.17, 15) is 9.59 Å². The van der Waals surface area contributed by atoms with Crippen LogP contribution in [0, 0.1) is 5.92 Å². The largest absolute Gasteiger partial charge is 0.462 e. The predicted molar refractivity (Wildman–Crippen MR) is 60.8 cm³/mol. The Morgan fingerprint density at radius 1 is 1.31 bits per heavy atom. The average molecular weight is 228 g/mol. The molecular weight excluding hydrogens is 208 g/mol. The monoisotopic (exact) mass is 228 g/mol. The standard InChI is InChI=1S/C12H20O4/c1-6-9(4)12(14)15-7-10(5)16-11(13)8(2)3/h9-10H,2,6-7H2,1,3-5H3. The molecule has 2 unspecified atom stereocenters. The van der Waals surface area contributed by atoms with Crippen LogP contribution >= 0.6 is 0 Å². The number of ether oxygens (including phenoxy) is 2. The van der Waals surface area contributed by atoms with Crippen LogP contribution in [-0.2, 0) is 19.1 Å². The minimum Gasteiger partial charge on any atom is -0.462 e. The number of hydrogen-bond donors (Lipinski definition) is 0. The highest BCUT2D eigenvalue weighted by atomic mass is 16.6. The second kappa shape index (κ2) is 7.04. The molecule has 0 fully saturated rings. The van der Waals surface area contributed by atoms with Gasteiger partial charge in [-0.2, -0.15) is 0 Å².